The van der Waals surface area contributed by atoms with E-state index < -0.39 is 26.4 Å². The van der Waals surface area contributed by atoms with Crippen LogP contribution in [0.5, 0.6) is 0 Å². The molecule has 1 heterocycles. The van der Waals surface area contributed by atoms with Crippen molar-refractivity contribution in [2.45, 2.75) is 49.8 Å². The van der Waals surface area contributed by atoms with Crippen LogP contribution in [0, 0.1) is 20.8 Å². The van der Waals surface area contributed by atoms with E-state index in [9.17, 15) is 16.8 Å². The van der Waals surface area contributed by atoms with Gasteiger partial charge in [-0.3, -0.25) is 0 Å². The van der Waals surface area contributed by atoms with E-state index in [1.165, 1.54) is 18.2 Å². The lowest BCUT2D eigenvalue weighted by atomic mass is 10.0. The van der Waals surface area contributed by atoms with E-state index >= 15 is 0 Å². The van der Waals surface area contributed by atoms with Crippen molar-refractivity contribution in [3.05, 3.63) is 94.5 Å². The largest absolute Gasteiger partial charge is 0.298 e. The summed E-state index contributed by atoms with van der Waals surface area (Å²) in [5.74, 6) is 0. The lowest BCUT2D eigenvalue weighted by molar-refractivity contribution is 0.0801. The highest BCUT2D eigenvalue weighted by Crippen LogP contribution is 2.32. The molecule has 32 heavy (non-hydrogen) atoms. The highest BCUT2D eigenvalue weighted by Gasteiger charge is 2.39. The molecule has 1 aliphatic heterocycles. The van der Waals surface area contributed by atoms with Crippen molar-refractivity contribution < 1.29 is 21.0 Å². The molecule has 0 amide bonds. The van der Waals surface area contributed by atoms with Gasteiger partial charge in [-0.15, -0.1) is 0 Å². The Labute approximate surface area is 189 Å². The molecule has 6 nitrogen and oxygen atoms in total. The molecule has 0 aromatic heterocycles. The number of hydrogen-bond acceptors (Lipinski definition) is 5. The predicted molar refractivity (Wildman–Crippen MR) is 122 cm³/mol. The van der Waals surface area contributed by atoms with Crippen LogP contribution in [-0.4, -0.2) is 27.4 Å². The summed E-state index contributed by atoms with van der Waals surface area (Å²) < 4.78 is 60.1. The Morgan fingerprint density at radius 2 is 1.44 bits per heavy atom. The number of benzene rings is 3. The molecular weight excluding hydrogens is 446 g/mol. The second-order valence-corrected chi connectivity index (χ2v) is 11.5. The van der Waals surface area contributed by atoms with Gasteiger partial charge in [-0.25, -0.2) is 12.6 Å². The summed E-state index contributed by atoms with van der Waals surface area (Å²) in [4.78, 5) is 0.134. The smallest absolute Gasteiger partial charge is 0.246 e. The van der Waals surface area contributed by atoms with Crippen LogP contribution < -0.4 is 0 Å². The average Bonchev–Trinajstić information content (AvgIpc) is 2.73. The number of nitrogens with zero attached hydrogens (tertiary/aromatic N) is 1. The topological polar surface area (TPSA) is 80.8 Å². The lowest BCUT2D eigenvalue weighted by Crippen LogP contribution is -2.46. The Kier molecular flexibility index (Phi) is 5.98. The Balaban J connectivity index is 1.76. The van der Waals surface area contributed by atoms with Crippen LogP contribution in [0.2, 0.25) is 0 Å². The molecule has 8 heteroatoms. The first-order valence-corrected chi connectivity index (χ1v) is 13.1. The molecule has 0 spiro atoms. The van der Waals surface area contributed by atoms with Gasteiger partial charge in [0.2, 0.25) is 10.0 Å². The fourth-order valence-corrected chi connectivity index (χ4v) is 6.71. The second-order valence-electron chi connectivity index (χ2n) is 8.11. The summed E-state index contributed by atoms with van der Waals surface area (Å²) in [6.07, 6.45) is -1.06. The van der Waals surface area contributed by atoms with Crippen molar-refractivity contribution >= 4 is 20.1 Å². The van der Waals surface area contributed by atoms with Crippen molar-refractivity contribution in [2.75, 3.05) is 0 Å². The first-order chi connectivity index (χ1) is 15.1. The summed E-state index contributed by atoms with van der Waals surface area (Å²) in [5.41, 5.74) is 4.10. The Morgan fingerprint density at radius 1 is 0.812 bits per heavy atom. The first-order valence-electron chi connectivity index (χ1n) is 10.2. The van der Waals surface area contributed by atoms with Gasteiger partial charge in [0, 0.05) is 13.0 Å². The van der Waals surface area contributed by atoms with E-state index in [-0.39, 0.29) is 22.8 Å². The molecule has 4 rings (SSSR count). The van der Waals surface area contributed by atoms with Gasteiger partial charge in [-0.1, -0.05) is 59.7 Å². The first kappa shape index (κ1) is 22.7. The number of fused-ring (bicyclic) bond motifs is 1. The Bertz CT molecular complexity index is 1360. The average molecular weight is 472 g/mol. The normalized spacial score (nSPS) is 17.2. The minimum atomic E-state index is -4.20. The molecule has 0 radical (unpaired) electrons. The molecule has 0 N–H and O–H groups in total. The molecule has 1 aliphatic rings. The zero-order chi connectivity index (χ0) is 23.1. The number of hydrogen-bond donors (Lipinski definition) is 0. The van der Waals surface area contributed by atoms with Crippen LogP contribution in [0.15, 0.2) is 76.5 Å². The summed E-state index contributed by atoms with van der Waals surface area (Å²) in [6, 6.07) is 18.8. The van der Waals surface area contributed by atoms with Gasteiger partial charge in [0.25, 0.3) is 10.1 Å². The SMILES string of the molecule is Cc1ccc(S(=O)(=O)N2Cc3ccccc3C[C@@H]2OS(=O)(=O)c2ccc(C)cc2C)cc1. The van der Waals surface area contributed by atoms with Gasteiger partial charge >= 0.3 is 0 Å². The van der Waals surface area contributed by atoms with Gasteiger partial charge in [-0.05, 0) is 55.7 Å². The fourth-order valence-electron chi connectivity index (χ4n) is 3.92. The lowest BCUT2D eigenvalue weighted by Gasteiger charge is -2.35. The standard InChI is InChI=1S/C24H25NO5S2/c1-17-8-11-22(12-9-17)31(26,27)25-16-21-7-5-4-6-20(21)15-24(25)30-32(28,29)23-13-10-18(2)14-19(23)3/h4-14,24H,15-16H2,1-3H3/t24-/m0/s1. The van der Waals surface area contributed by atoms with E-state index in [4.69, 9.17) is 4.18 Å². The molecule has 1 atom stereocenters. The highest BCUT2D eigenvalue weighted by molar-refractivity contribution is 7.89. The third kappa shape index (κ3) is 4.36. The van der Waals surface area contributed by atoms with Crippen molar-refractivity contribution in [3.8, 4) is 0 Å². The van der Waals surface area contributed by atoms with E-state index in [1.807, 2.05) is 38.1 Å². The third-order valence-corrected chi connectivity index (χ3v) is 8.95. The Hall–Kier alpha value is -2.52. The summed E-state index contributed by atoms with van der Waals surface area (Å²) in [5, 5.41) is 0. The van der Waals surface area contributed by atoms with E-state index in [0.717, 1.165) is 26.6 Å². The van der Waals surface area contributed by atoms with Crippen molar-refractivity contribution in [2.24, 2.45) is 0 Å². The quantitative estimate of drug-likeness (QED) is 0.524. The minimum Gasteiger partial charge on any atom is -0.246 e. The molecule has 0 unspecified atom stereocenters. The second kappa shape index (κ2) is 8.44. The zero-order valence-corrected chi connectivity index (χ0v) is 19.8. The number of rotatable bonds is 5. The summed E-state index contributed by atoms with van der Waals surface area (Å²) in [7, 11) is -8.20. The van der Waals surface area contributed by atoms with Gasteiger partial charge in [0.1, 0.15) is 6.23 Å². The minimum absolute atomic E-state index is 0.0272. The van der Waals surface area contributed by atoms with Crippen LogP contribution in [0.25, 0.3) is 0 Å². The van der Waals surface area contributed by atoms with E-state index in [1.54, 1.807) is 31.2 Å². The molecule has 3 aromatic rings. The van der Waals surface area contributed by atoms with Gasteiger partial charge in [-0.2, -0.15) is 12.7 Å². The summed E-state index contributed by atoms with van der Waals surface area (Å²) >= 11 is 0. The third-order valence-electron chi connectivity index (χ3n) is 5.63. The van der Waals surface area contributed by atoms with E-state index in [2.05, 4.69) is 0 Å². The van der Waals surface area contributed by atoms with E-state index in [0.29, 0.717) is 5.56 Å². The van der Waals surface area contributed by atoms with Crippen LogP contribution in [0.3, 0.4) is 0 Å². The number of sulfonamides is 1. The van der Waals surface area contributed by atoms with Gasteiger partial charge in [0.05, 0.1) is 9.79 Å². The predicted octanol–water partition coefficient (Wildman–Crippen LogP) is 4.09. The van der Waals surface area contributed by atoms with Crippen molar-refractivity contribution in [1.82, 2.24) is 4.31 Å². The maximum absolute atomic E-state index is 13.5. The molecule has 0 aliphatic carbocycles. The molecular formula is C24H25NO5S2. The maximum atomic E-state index is 13.5. The summed E-state index contributed by atoms with van der Waals surface area (Å²) in [6.45, 7) is 5.47. The molecule has 0 fully saturated rings. The monoisotopic (exact) mass is 471 g/mol. The molecule has 3 aromatic carbocycles. The fraction of sp³-hybridized carbons (Fsp3) is 0.250. The van der Waals surface area contributed by atoms with Gasteiger partial charge < -0.3 is 0 Å². The molecule has 168 valence electrons. The van der Waals surface area contributed by atoms with Crippen LogP contribution >= 0.6 is 0 Å². The maximum Gasteiger partial charge on any atom is 0.298 e. The van der Waals surface area contributed by atoms with Crippen LogP contribution in [-0.2, 0) is 37.3 Å². The molecule has 0 bridgehead atoms. The van der Waals surface area contributed by atoms with Crippen molar-refractivity contribution in [1.29, 1.82) is 0 Å². The van der Waals surface area contributed by atoms with Gasteiger partial charge in [0.15, 0.2) is 0 Å². The number of aryl methyl sites for hydroxylation is 3. The van der Waals surface area contributed by atoms with Crippen LogP contribution in [0.1, 0.15) is 27.8 Å². The Morgan fingerprint density at radius 3 is 2.09 bits per heavy atom. The van der Waals surface area contributed by atoms with Crippen molar-refractivity contribution in [3.63, 3.8) is 0 Å². The molecule has 0 saturated carbocycles. The van der Waals surface area contributed by atoms with Crippen LogP contribution in [0.4, 0.5) is 0 Å². The highest BCUT2D eigenvalue weighted by atomic mass is 32.2. The zero-order valence-electron chi connectivity index (χ0n) is 18.1. The molecule has 0 saturated heterocycles.